The standard InChI is InChI=1S/C25H36N4O3S/c1-4-7-16-28(6-3)25(30)23-19-21(10-13-24(23)29-17-14-26-15-18-29)27-33(31,32)22-11-8-20(5-2)9-12-22/h8-13,19,26-27H,4-7,14-18H2,1-3H3. The Hall–Kier alpha value is -2.58. The van der Waals surface area contributed by atoms with E-state index < -0.39 is 10.0 Å². The van der Waals surface area contributed by atoms with E-state index >= 15 is 0 Å². The van der Waals surface area contributed by atoms with Gasteiger partial charge in [0.1, 0.15) is 0 Å². The molecule has 2 aromatic rings. The summed E-state index contributed by atoms with van der Waals surface area (Å²) in [5, 5.41) is 3.34. The van der Waals surface area contributed by atoms with Gasteiger partial charge in [0.2, 0.25) is 0 Å². The van der Waals surface area contributed by atoms with Crippen LogP contribution in [-0.4, -0.2) is 58.5 Å². The summed E-state index contributed by atoms with van der Waals surface area (Å²) in [7, 11) is -3.76. The molecule has 180 valence electrons. The van der Waals surface area contributed by atoms with E-state index in [1.54, 1.807) is 24.3 Å². The average molecular weight is 473 g/mol. The van der Waals surface area contributed by atoms with Gasteiger partial charge in [-0.1, -0.05) is 32.4 Å². The topological polar surface area (TPSA) is 81.8 Å². The molecule has 1 fully saturated rings. The summed E-state index contributed by atoms with van der Waals surface area (Å²) in [6.07, 6.45) is 2.78. The zero-order chi connectivity index (χ0) is 23.8. The number of piperazine rings is 1. The van der Waals surface area contributed by atoms with Crippen LogP contribution < -0.4 is 14.9 Å². The predicted octanol–water partition coefficient (Wildman–Crippen LogP) is 3.72. The van der Waals surface area contributed by atoms with Crippen molar-refractivity contribution in [2.24, 2.45) is 0 Å². The van der Waals surface area contributed by atoms with Crippen LogP contribution in [0.25, 0.3) is 0 Å². The van der Waals surface area contributed by atoms with Crippen LogP contribution in [-0.2, 0) is 16.4 Å². The first-order valence-corrected chi connectivity index (χ1v) is 13.4. The number of amides is 1. The Kier molecular flexibility index (Phi) is 8.74. The molecule has 1 aliphatic rings. The van der Waals surface area contributed by atoms with Crippen LogP contribution >= 0.6 is 0 Å². The molecule has 33 heavy (non-hydrogen) atoms. The second-order valence-electron chi connectivity index (χ2n) is 8.31. The minimum atomic E-state index is -3.76. The molecule has 0 bridgehead atoms. The third-order valence-corrected chi connectivity index (χ3v) is 7.43. The lowest BCUT2D eigenvalue weighted by molar-refractivity contribution is 0.0763. The van der Waals surface area contributed by atoms with Gasteiger partial charge in [-0.15, -0.1) is 0 Å². The average Bonchev–Trinajstić information content (AvgIpc) is 2.84. The second-order valence-corrected chi connectivity index (χ2v) is 9.99. The van der Waals surface area contributed by atoms with Gasteiger partial charge >= 0.3 is 0 Å². The minimum Gasteiger partial charge on any atom is -0.368 e. The van der Waals surface area contributed by atoms with E-state index in [2.05, 4.69) is 21.9 Å². The Morgan fingerprint density at radius 3 is 2.36 bits per heavy atom. The first kappa shape index (κ1) is 25.1. The predicted molar refractivity (Wildman–Crippen MR) is 135 cm³/mol. The van der Waals surface area contributed by atoms with Gasteiger partial charge in [-0.2, -0.15) is 0 Å². The Morgan fingerprint density at radius 2 is 1.76 bits per heavy atom. The van der Waals surface area contributed by atoms with Gasteiger partial charge in [-0.05, 0) is 55.7 Å². The molecular weight excluding hydrogens is 436 g/mol. The molecule has 2 N–H and O–H groups in total. The number of anilines is 2. The highest BCUT2D eigenvalue weighted by Gasteiger charge is 2.23. The maximum Gasteiger partial charge on any atom is 0.261 e. The molecule has 1 heterocycles. The van der Waals surface area contributed by atoms with E-state index in [1.807, 2.05) is 36.9 Å². The highest BCUT2D eigenvalue weighted by Crippen LogP contribution is 2.28. The summed E-state index contributed by atoms with van der Waals surface area (Å²) in [6.45, 7) is 10.7. The van der Waals surface area contributed by atoms with Crippen LogP contribution in [0, 0.1) is 0 Å². The summed E-state index contributed by atoms with van der Waals surface area (Å²) in [4.78, 5) is 17.7. The van der Waals surface area contributed by atoms with E-state index in [0.29, 0.717) is 24.3 Å². The molecule has 0 unspecified atom stereocenters. The quantitative estimate of drug-likeness (QED) is 0.551. The van der Waals surface area contributed by atoms with E-state index in [9.17, 15) is 13.2 Å². The normalized spacial score (nSPS) is 14.2. The second kappa shape index (κ2) is 11.5. The lowest BCUT2D eigenvalue weighted by Crippen LogP contribution is -2.44. The van der Waals surface area contributed by atoms with Crippen molar-refractivity contribution < 1.29 is 13.2 Å². The van der Waals surface area contributed by atoms with Crippen LogP contribution in [0.5, 0.6) is 0 Å². The molecular formula is C25H36N4O3S. The third-order valence-electron chi connectivity index (χ3n) is 6.03. The van der Waals surface area contributed by atoms with E-state index in [-0.39, 0.29) is 10.8 Å². The Morgan fingerprint density at radius 1 is 1.06 bits per heavy atom. The molecule has 0 spiro atoms. The van der Waals surface area contributed by atoms with Crippen LogP contribution in [0.2, 0.25) is 0 Å². The number of unbranched alkanes of at least 4 members (excludes halogenated alkanes) is 1. The number of aryl methyl sites for hydroxylation is 1. The molecule has 0 atom stereocenters. The summed E-state index contributed by atoms with van der Waals surface area (Å²) < 4.78 is 28.6. The Labute approximate surface area is 198 Å². The highest BCUT2D eigenvalue weighted by atomic mass is 32.2. The molecule has 2 aromatic carbocycles. The molecule has 1 aliphatic heterocycles. The van der Waals surface area contributed by atoms with Crippen LogP contribution in [0.1, 0.15) is 49.5 Å². The molecule has 0 aliphatic carbocycles. The number of nitrogens with zero attached hydrogens (tertiary/aromatic N) is 2. The fourth-order valence-corrected chi connectivity index (χ4v) is 5.04. The van der Waals surface area contributed by atoms with Crippen molar-refractivity contribution in [1.82, 2.24) is 10.2 Å². The maximum atomic E-state index is 13.5. The molecule has 1 amide bonds. The summed E-state index contributed by atoms with van der Waals surface area (Å²) in [5.41, 5.74) is 2.86. The zero-order valence-electron chi connectivity index (χ0n) is 19.9. The van der Waals surface area contributed by atoms with Gasteiger partial charge in [0.25, 0.3) is 15.9 Å². The first-order chi connectivity index (χ1) is 15.9. The van der Waals surface area contributed by atoms with Crippen molar-refractivity contribution in [2.45, 2.75) is 44.9 Å². The smallest absolute Gasteiger partial charge is 0.261 e. The number of carbonyl (C=O) groups excluding carboxylic acids is 1. The van der Waals surface area contributed by atoms with E-state index in [4.69, 9.17) is 0 Å². The molecule has 3 rings (SSSR count). The van der Waals surface area contributed by atoms with Crippen LogP contribution in [0.4, 0.5) is 11.4 Å². The molecule has 8 heteroatoms. The number of rotatable bonds is 10. The number of nitrogens with one attached hydrogen (secondary N) is 2. The van der Waals surface area contributed by atoms with Crippen molar-refractivity contribution in [2.75, 3.05) is 48.9 Å². The minimum absolute atomic E-state index is 0.0622. The Bertz CT molecular complexity index is 1030. The lowest BCUT2D eigenvalue weighted by atomic mass is 10.1. The summed E-state index contributed by atoms with van der Waals surface area (Å²) in [6, 6.07) is 12.2. The van der Waals surface area contributed by atoms with Crippen LogP contribution in [0.15, 0.2) is 47.4 Å². The summed E-state index contributed by atoms with van der Waals surface area (Å²) >= 11 is 0. The van der Waals surface area contributed by atoms with Crippen molar-refractivity contribution in [3.63, 3.8) is 0 Å². The van der Waals surface area contributed by atoms with Gasteiger partial charge in [0, 0.05) is 50.6 Å². The van der Waals surface area contributed by atoms with Gasteiger partial charge in [0.05, 0.1) is 10.5 Å². The van der Waals surface area contributed by atoms with Gasteiger partial charge < -0.3 is 15.1 Å². The van der Waals surface area contributed by atoms with Gasteiger partial charge in [-0.3, -0.25) is 9.52 Å². The monoisotopic (exact) mass is 472 g/mol. The van der Waals surface area contributed by atoms with E-state index in [0.717, 1.165) is 56.7 Å². The number of hydrogen-bond acceptors (Lipinski definition) is 5. The zero-order valence-corrected chi connectivity index (χ0v) is 20.7. The van der Waals surface area contributed by atoms with Crippen molar-refractivity contribution in [1.29, 1.82) is 0 Å². The number of benzene rings is 2. The van der Waals surface area contributed by atoms with Gasteiger partial charge in [-0.25, -0.2) is 8.42 Å². The molecule has 0 saturated carbocycles. The third kappa shape index (κ3) is 6.26. The number of sulfonamides is 1. The molecule has 1 saturated heterocycles. The van der Waals surface area contributed by atoms with Crippen molar-refractivity contribution in [3.8, 4) is 0 Å². The molecule has 0 aromatic heterocycles. The Balaban J connectivity index is 1.94. The van der Waals surface area contributed by atoms with Crippen LogP contribution in [0.3, 0.4) is 0 Å². The highest BCUT2D eigenvalue weighted by molar-refractivity contribution is 7.92. The van der Waals surface area contributed by atoms with Crippen molar-refractivity contribution >= 4 is 27.3 Å². The maximum absolute atomic E-state index is 13.5. The van der Waals surface area contributed by atoms with E-state index in [1.165, 1.54) is 0 Å². The molecule has 7 nitrogen and oxygen atoms in total. The largest absolute Gasteiger partial charge is 0.368 e. The fraction of sp³-hybridized carbons (Fsp3) is 0.480. The number of carbonyl (C=O) groups is 1. The molecule has 0 radical (unpaired) electrons. The fourth-order valence-electron chi connectivity index (χ4n) is 3.99. The summed E-state index contributed by atoms with van der Waals surface area (Å²) in [5.74, 6) is -0.0622. The number of hydrogen-bond donors (Lipinski definition) is 2. The van der Waals surface area contributed by atoms with Crippen molar-refractivity contribution in [3.05, 3.63) is 53.6 Å². The lowest BCUT2D eigenvalue weighted by Gasteiger charge is -2.32. The first-order valence-electron chi connectivity index (χ1n) is 11.9. The SMILES string of the molecule is CCCCN(CC)C(=O)c1cc(NS(=O)(=O)c2ccc(CC)cc2)ccc1N1CCNCC1. The van der Waals surface area contributed by atoms with Gasteiger partial charge in [0.15, 0.2) is 0 Å².